The number of hydrogen-bond donors (Lipinski definition) is 1. The zero-order chi connectivity index (χ0) is 12.3. The van der Waals surface area contributed by atoms with Crippen LogP contribution in [0.5, 0.6) is 0 Å². The molecule has 0 unspecified atom stereocenters. The zero-order valence-electron chi connectivity index (χ0n) is 10.1. The number of nitrogens with zero attached hydrogens (tertiary/aromatic N) is 2. The van der Waals surface area contributed by atoms with Crippen LogP contribution in [0.2, 0.25) is 0 Å². The SMILES string of the molecule is C[C@@H](O)[C@@H]1CCCN(Cc2cc(C#N)cs2)C1. The van der Waals surface area contributed by atoms with E-state index in [1.165, 1.54) is 4.88 Å². The van der Waals surface area contributed by atoms with Gasteiger partial charge in [0.15, 0.2) is 0 Å². The van der Waals surface area contributed by atoms with Crippen molar-refractivity contribution in [1.29, 1.82) is 5.26 Å². The first-order valence-corrected chi connectivity index (χ1v) is 6.95. The van der Waals surface area contributed by atoms with E-state index in [0.717, 1.165) is 38.0 Å². The molecule has 0 aliphatic carbocycles. The van der Waals surface area contributed by atoms with E-state index in [1.54, 1.807) is 11.3 Å². The number of aliphatic hydroxyl groups is 1. The van der Waals surface area contributed by atoms with Gasteiger partial charge in [0.05, 0.1) is 11.7 Å². The van der Waals surface area contributed by atoms with Crippen LogP contribution in [0.15, 0.2) is 11.4 Å². The number of hydrogen-bond acceptors (Lipinski definition) is 4. The van der Waals surface area contributed by atoms with E-state index >= 15 is 0 Å². The van der Waals surface area contributed by atoms with Crippen molar-refractivity contribution < 1.29 is 5.11 Å². The van der Waals surface area contributed by atoms with Crippen molar-refractivity contribution in [3.8, 4) is 6.07 Å². The molecule has 0 radical (unpaired) electrons. The molecule has 0 bridgehead atoms. The highest BCUT2D eigenvalue weighted by atomic mass is 32.1. The molecule has 0 amide bonds. The number of piperidine rings is 1. The third-order valence-corrected chi connectivity index (χ3v) is 4.31. The van der Waals surface area contributed by atoms with Crippen molar-refractivity contribution in [2.24, 2.45) is 5.92 Å². The summed E-state index contributed by atoms with van der Waals surface area (Å²) in [6.45, 7) is 4.86. The van der Waals surface area contributed by atoms with Gasteiger partial charge in [-0.15, -0.1) is 11.3 Å². The quantitative estimate of drug-likeness (QED) is 0.894. The topological polar surface area (TPSA) is 47.3 Å². The molecule has 0 spiro atoms. The Hall–Kier alpha value is -0.890. The van der Waals surface area contributed by atoms with Gasteiger partial charge in [-0.2, -0.15) is 5.26 Å². The van der Waals surface area contributed by atoms with Gasteiger partial charge < -0.3 is 5.11 Å². The monoisotopic (exact) mass is 250 g/mol. The molecule has 17 heavy (non-hydrogen) atoms. The summed E-state index contributed by atoms with van der Waals surface area (Å²) in [4.78, 5) is 3.63. The van der Waals surface area contributed by atoms with Gasteiger partial charge in [-0.3, -0.25) is 4.90 Å². The highest BCUT2D eigenvalue weighted by Crippen LogP contribution is 2.23. The Kier molecular flexibility index (Phi) is 4.16. The Labute approximate surface area is 106 Å². The van der Waals surface area contributed by atoms with Gasteiger partial charge >= 0.3 is 0 Å². The van der Waals surface area contributed by atoms with Gasteiger partial charge in [0.25, 0.3) is 0 Å². The number of thiophene rings is 1. The number of aliphatic hydroxyl groups excluding tert-OH is 1. The summed E-state index contributed by atoms with van der Waals surface area (Å²) in [5, 5.41) is 20.3. The first-order valence-electron chi connectivity index (χ1n) is 6.07. The Balaban J connectivity index is 1.92. The minimum Gasteiger partial charge on any atom is -0.393 e. The van der Waals surface area contributed by atoms with E-state index in [-0.39, 0.29) is 6.10 Å². The van der Waals surface area contributed by atoms with E-state index in [9.17, 15) is 5.11 Å². The fourth-order valence-electron chi connectivity index (χ4n) is 2.37. The van der Waals surface area contributed by atoms with Crippen molar-refractivity contribution in [2.75, 3.05) is 13.1 Å². The normalized spacial score (nSPS) is 23.2. The number of nitriles is 1. The van der Waals surface area contributed by atoms with E-state index < -0.39 is 0 Å². The summed E-state index contributed by atoms with van der Waals surface area (Å²) in [5.74, 6) is 0.402. The highest BCUT2D eigenvalue weighted by molar-refractivity contribution is 7.10. The van der Waals surface area contributed by atoms with Crippen LogP contribution >= 0.6 is 11.3 Å². The molecular weight excluding hydrogens is 232 g/mol. The average Bonchev–Trinajstić information content (AvgIpc) is 2.77. The van der Waals surface area contributed by atoms with Crippen LogP contribution in [-0.2, 0) is 6.54 Å². The minimum atomic E-state index is -0.212. The smallest absolute Gasteiger partial charge is 0.100 e. The molecule has 3 nitrogen and oxygen atoms in total. The number of rotatable bonds is 3. The average molecular weight is 250 g/mol. The van der Waals surface area contributed by atoms with Gasteiger partial charge in [-0.05, 0) is 38.3 Å². The van der Waals surface area contributed by atoms with E-state index in [2.05, 4.69) is 11.0 Å². The maximum absolute atomic E-state index is 9.64. The molecular formula is C13H18N2OS. The van der Waals surface area contributed by atoms with Gasteiger partial charge in [-0.1, -0.05) is 0 Å². The number of likely N-dealkylation sites (tertiary alicyclic amines) is 1. The summed E-state index contributed by atoms with van der Waals surface area (Å²) >= 11 is 1.65. The molecule has 1 saturated heterocycles. The molecule has 2 atom stereocenters. The van der Waals surface area contributed by atoms with Crippen molar-refractivity contribution in [1.82, 2.24) is 4.90 Å². The molecule has 1 aliphatic rings. The molecule has 92 valence electrons. The van der Waals surface area contributed by atoms with E-state index in [0.29, 0.717) is 5.92 Å². The molecule has 0 aromatic carbocycles. The highest BCUT2D eigenvalue weighted by Gasteiger charge is 2.23. The van der Waals surface area contributed by atoms with Crippen molar-refractivity contribution in [3.63, 3.8) is 0 Å². The van der Waals surface area contributed by atoms with Gasteiger partial charge in [0, 0.05) is 23.3 Å². The van der Waals surface area contributed by atoms with Crippen molar-refractivity contribution in [2.45, 2.75) is 32.4 Å². The summed E-state index contributed by atoms with van der Waals surface area (Å²) < 4.78 is 0. The second kappa shape index (κ2) is 5.63. The van der Waals surface area contributed by atoms with Crippen LogP contribution < -0.4 is 0 Å². The maximum atomic E-state index is 9.64. The van der Waals surface area contributed by atoms with Crippen LogP contribution in [0.25, 0.3) is 0 Å². The van der Waals surface area contributed by atoms with Gasteiger partial charge in [0.2, 0.25) is 0 Å². The first-order chi connectivity index (χ1) is 8.19. The molecule has 1 aromatic rings. The molecule has 1 aromatic heterocycles. The Morgan fingerprint density at radius 1 is 1.71 bits per heavy atom. The molecule has 2 rings (SSSR count). The second-order valence-electron chi connectivity index (χ2n) is 4.79. The lowest BCUT2D eigenvalue weighted by molar-refractivity contribution is 0.0603. The standard InChI is InChI=1S/C13H18N2OS/c1-10(16)12-3-2-4-15(7-12)8-13-5-11(6-14)9-17-13/h5,9-10,12,16H,2-4,7-8H2,1H3/t10-,12-/m1/s1. The minimum absolute atomic E-state index is 0.212. The van der Waals surface area contributed by atoms with Crippen molar-refractivity contribution in [3.05, 3.63) is 21.9 Å². The fraction of sp³-hybridized carbons (Fsp3) is 0.615. The summed E-state index contributed by atoms with van der Waals surface area (Å²) in [5.41, 5.74) is 0.758. The Bertz CT molecular complexity index is 408. The van der Waals surface area contributed by atoms with Crippen LogP contribution in [0.1, 0.15) is 30.2 Å². The van der Waals surface area contributed by atoms with Gasteiger partial charge in [-0.25, -0.2) is 0 Å². The van der Waals surface area contributed by atoms with Crippen LogP contribution in [-0.4, -0.2) is 29.2 Å². The van der Waals surface area contributed by atoms with Crippen molar-refractivity contribution >= 4 is 11.3 Å². The summed E-state index contributed by atoms with van der Waals surface area (Å²) in [6.07, 6.45) is 2.07. The second-order valence-corrected chi connectivity index (χ2v) is 5.79. The Morgan fingerprint density at radius 2 is 2.53 bits per heavy atom. The third kappa shape index (κ3) is 3.29. The molecule has 2 heterocycles. The predicted molar refractivity (Wildman–Crippen MR) is 68.7 cm³/mol. The first kappa shape index (κ1) is 12.6. The largest absolute Gasteiger partial charge is 0.393 e. The maximum Gasteiger partial charge on any atom is 0.100 e. The third-order valence-electron chi connectivity index (χ3n) is 3.39. The molecule has 1 fully saturated rings. The van der Waals surface area contributed by atoms with Crippen LogP contribution in [0.4, 0.5) is 0 Å². The fourth-order valence-corrected chi connectivity index (χ4v) is 3.22. The molecule has 0 saturated carbocycles. The van der Waals surface area contributed by atoms with E-state index in [4.69, 9.17) is 5.26 Å². The zero-order valence-corrected chi connectivity index (χ0v) is 10.9. The molecule has 4 heteroatoms. The molecule has 1 aliphatic heterocycles. The lowest BCUT2D eigenvalue weighted by Crippen LogP contribution is -2.38. The summed E-state index contributed by atoms with van der Waals surface area (Å²) in [7, 11) is 0. The van der Waals surface area contributed by atoms with Crippen LogP contribution in [0, 0.1) is 17.2 Å². The Morgan fingerprint density at radius 3 is 3.18 bits per heavy atom. The lowest BCUT2D eigenvalue weighted by Gasteiger charge is -2.33. The van der Waals surface area contributed by atoms with Gasteiger partial charge in [0.1, 0.15) is 6.07 Å². The lowest BCUT2D eigenvalue weighted by atomic mass is 9.93. The van der Waals surface area contributed by atoms with Crippen LogP contribution in [0.3, 0.4) is 0 Å². The summed E-state index contributed by atoms with van der Waals surface area (Å²) in [6, 6.07) is 4.13. The van der Waals surface area contributed by atoms with E-state index in [1.807, 2.05) is 18.4 Å². The predicted octanol–water partition coefficient (Wildman–Crippen LogP) is 2.21. The molecule has 1 N–H and O–H groups in total.